The van der Waals surface area contributed by atoms with Crippen molar-refractivity contribution in [2.24, 2.45) is 0 Å². The van der Waals surface area contributed by atoms with Gasteiger partial charge in [-0.3, -0.25) is 4.79 Å². The van der Waals surface area contributed by atoms with Crippen LogP contribution in [0.4, 0.5) is 0 Å². The van der Waals surface area contributed by atoms with Gasteiger partial charge in [-0.05, 0) is 29.7 Å². The summed E-state index contributed by atoms with van der Waals surface area (Å²) < 4.78 is 0. The monoisotopic (exact) mass is 269 g/mol. The number of rotatable bonds is 7. The van der Waals surface area contributed by atoms with Crippen LogP contribution in [0.15, 0.2) is 54.6 Å². The Morgan fingerprint density at radius 2 is 1.60 bits per heavy atom. The molecule has 0 saturated heterocycles. The molecule has 0 heterocycles. The lowest BCUT2D eigenvalue weighted by molar-refractivity contribution is -0.136. The van der Waals surface area contributed by atoms with Crippen molar-refractivity contribution in [3.63, 3.8) is 0 Å². The highest BCUT2D eigenvalue weighted by Crippen LogP contribution is 2.09. The zero-order valence-corrected chi connectivity index (χ0v) is 11.4. The van der Waals surface area contributed by atoms with Crippen molar-refractivity contribution in [3.8, 4) is 0 Å². The summed E-state index contributed by atoms with van der Waals surface area (Å²) in [5.41, 5.74) is 3.24. The molecule has 20 heavy (non-hydrogen) atoms. The number of benzene rings is 2. The summed E-state index contributed by atoms with van der Waals surface area (Å²) in [7, 11) is 0. The summed E-state index contributed by atoms with van der Waals surface area (Å²) in [4.78, 5) is 10.8. The number of hydrogen-bond donors (Lipinski definition) is 2. The molecule has 0 aliphatic carbocycles. The molecule has 0 spiro atoms. The molecule has 2 rings (SSSR count). The first-order valence-corrected chi connectivity index (χ1v) is 6.79. The van der Waals surface area contributed by atoms with Crippen LogP contribution in [0.5, 0.6) is 0 Å². The Labute approximate surface area is 119 Å². The van der Waals surface area contributed by atoms with Crippen LogP contribution in [0, 0.1) is 0 Å². The molecule has 0 radical (unpaired) electrons. The number of aliphatic carboxylic acids is 1. The molecule has 0 aromatic heterocycles. The SMILES string of the molecule is O=C(O)Cc1ccccc1CNCCc1ccccc1. The predicted octanol–water partition coefficient (Wildman–Crippen LogP) is 2.65. The number of nitrogens with one attached hydrogen (secondary N) is 1. The molecule has 0 bridgehead atoms. The second kappa shape index (κ2) is 7.46. The van der Waals surface area contributed by atoms with Gasteiger partial charge in [-0.15, -0.1) is 0 Å². The number of hydrogen-bond acceptors (Lipinski definition) is 2. The van der Waals surface area contributed by atoms with E-state index < -0.39 is 5.97 Å². The molecule has 0 aliphatic rings. The summed E-state index contributed by atoms with van der Waals surface area (Å²) in [6.07, 6.45) is 1.05. The van der Waals surface area contributed by atoms with E-state index in [9.17, 15) is 4.79 Å². The van der Waals surface area contributed by atoms with E-state index in [1.165, 1.54) is 5.56 Å². The number of carboxylic acid groups (broad SMARTS) is 1. The molecule has 0 atom stereocenters. The van der Waals surface area contributed by atoms with Crippen molar-refractivity contribution in [1.82, 2.24) is 5.32 Å². The van der Waals surface area contributed by atoms with Crippen molar-refractivity contribution in [3.05, 3.63) is 71.3 Å². The van der Waals surface area contributed by atoms with Crippen LogP contribution in [-0.4, -0.2) is 17.6 Å². The Morgan fingerprint density at radius 3 is 2.30 bits per heavy atom. The summed E-state index contributed by atoms with van der Waals surface area (Å²) >= 11 is 0. The summed E-state index contributed by atoms with van der Waals surface area (Å²) in [6, 6.07) is 18.0. The van der Waals surface area contributed by atoms with Crippen LogP contribution >= 0.6 is 0 Å². The minimum absolute atomic E-state index is 0.0799. The van der Waals surface area contributed by atoms with Crippen LogP contribution < -0.4 is 5.32 Å². The first-order valence-electron chi connectivity index (χ1n) is 6.79. The van der Waals surface area contributed by atoms with E-state index in [0.29, 0.717) is 6.54 Å². The van der Waals surface area contributed by atoms with Gasteiger partial charge < -0.3 is 10.4 Å². The van der Waals surface area contributed by atoms with Crippen LogP contribution in [0.3, 0.4) is 0 Å². The highest BCUT2D eigenvalue weighted by atomic mass is 16.4. The molecule has 0 saturated carbocycles. The number of carbonyl (C=O) groups is 1. The molecule has 104 valence electrons. The third kappa shape index (κ3) is 4.52. The van der Waals surface area contributed by atoms with E-state index in [1.807, 2.05) is 42.5 Å². The molecule has 2 aromatic carbocycles. The van der Waals surface area contributed by atoms with Gasteiger partial charge in [-0.1, -0.05) is 54.6 Å². The van der Waals surface area contributed by atoms with E-state index in [1.54, 1.807) is 0 Å². The third-order valence-corrected chi connectivity index (χ3v) is 3.21. The molecular formula is C17H19NO2. The van der Waals surface area contributed by atoms with E-state index in [4.69, 9.17) is 5.11 Å². The third-order valence-electron chi connectivity index (χ3n) is 3.21. The molecular weight excluding hydrogens is 250 g/mol. The van der Waals surface area contributed by atoms with Gasteiger partial charge in [0.05, 0.1) is 6.42 Å². The number of carboxylic acids is 1. The molecule has 3 heteroatoms. The van der Waals surface area contributed by atoms with Gasteiger partial charge in [0.2, 0.25) is 0 Å². The Kier molecular flexibility index (Phi) is 5.33. The first-order chi connectivity index (χ1) is 9.75. The lowest BCUT2D eigenvalue weighted by atomic mass is 10.0. The fraction of sp³-hybridized carbons (Fsp3) is 0.235. The predicted molar refractivity (Wildman–Crippen MR) is 79.6 cm³/mol. The van der Waals surface area contributed by atoms with Crippen molar-refractivity contribution in [2.75, 3.05) is 6.54 Å². The maximum absolute atomic E-state index is 10.8. The normalized spacial score (nSPS) is 10.4. The fourth-order valence-electron chi connectivity index (χ4n) is 2.17. The van der Waals surface area contributed by atoms with E-state index in [0.717, 1.165) is 24.1 Å². The average molecular weight is 269 g/mol. The standard InChI is InChI=1S/C17H19NO2/c19-17(20)12-15-8-4-5-9-16(15)13-18-11-10-14-6-2-1-3-7-14/h1-9,18H,10-13H2,(H,19,20). The second-order valence-electron chi connectivity index (χ2n) is 4.75. The van der Waals surface area contributed by atoms with Gasteiger partial charge in [0.1, 0.15) is 0 Å². The molecule has 0 amide bonds. The quantitative estimate of drug-likeness (QED) is 0.760. The van der Waals surface area contributed by atoms with Gasteiger partial charge in [-0.2, -0.15) is 0 Å². The molecule has 0 aliphatic heterocycles. The maximum Gasteiger partial charge on any atom is 0.307 e. The maximum atomic E-state index is 10.8. The Balaban J connectivity index is 1.83. The zero-order chi connectivity index (χ0) is 14.2. The lowest BCUT2D eigenvalue weighted by Crippen LogP contribution is -2.18. The van der Waals surface area contributed by atoms with E-state index in [2.05, 4.69) is 17.4 Å². The smallest absolute Gasteiger partial charge is 0.307 e. The Hall–Kier alpha value is -2.13. The van der Waals surface area contributed by atoms with Gasteiger partial charge >= 0.3 is 5.97 Å². The van der Waals surface area contributed by atoms with Crippen LogP contribution in [0.25, 0.3) is 0 Å². The van der Waals surface area contributed by atoms with Crippen LogP contribution in [0.2, 0.25) is 0 Å². The topological polar surface area (TPSA) is 49.3 Å². The van der Waals surface area contributed by atoms with Gasteiger partial charge in [-0.25, -0.2) is 0 Å². The molecule has 2 aromatic rings. The summed E-state index contributed by atoms with van der Waals surface area (Å²) in [5, 5.41) is 12.3. The van der Waals surface area contributed by atoms with Gasteiger partial charge in [0.25, 0.3) is 0 Å². The van der Waals surface area contributed by atoms with Gasteiger partial charge in [0, 0.05) is 6.54 Å². The largest absolute Gasteiger partial charge is 0.481 e. The zero-order valence-electron chi connectivity index (χ0n) is 11.4. The minimum Gasteiger partial charge on any atom is -0.481 e. The first kappa shape index (κ1) is 14.3. The van der Waals surface area contributed by atoms with Crippen molar-refractivity contribution < 1.29 is 9.90 Å². The minimum atomic E-state index is -0.790. The Morgan fingerprint density at radius 1 is 0.950 bits per heavy atom. The fourth-order valence-corrected chi connectivity index (χ4v) is 2.17. The summed E-state index contributed by atoms with van der Waals surface area (Å²) in [6.45, 7) is 1.59. The van der Waals surface area contributed by atoms with Crippen LogP contribution in [0.1, 0.15) is 16.7 Å². The highest BCUT2D eigenvalue weighted by molar-refractivity contribution is 5.70. The molecule has 0 fully saturated rings. The average Bonchev–Trinajstić information content (AvgIpc) is 2.46. The molecule has 3 nitrogen and oxygen atoms in total. The van der Waals surface area contributed by atoms with E-state index >= 15 is 0 Å². The highest BCUT2D eigenvalue weighted by Gasteiger charge is 2.05. The van der Waals surface area contributed by atoms with Crippen molar-refractivity contribution in [1.29, 1.82) is 0 Å². The van der Waals surface area contributed by atoms with Crippen molar-refractivity contribution >= 4 is 5.97 Å². The van der Waals surface area contributed by atoms with E-state index in [-0.39, 0.29) is 6.42 Å². The van der Waals surface area contributed by atoms with Crippen LogP contribution in [-0.2, 0) is 24.2 Å². The lowest BCUT2D eigenvalue weighted by Gasteiger charge is -2.09. The molecule has 2 N–H and O–H groups in total. The molecule has 0 unspecified atom stereocenters. The summed E-state index contributed by atoms with van der Waals surface area (Å²) in [5.74, 6) is -0.790. The van der Waals surface area contributed by atoms with Crippen molar-refractivity contribution in [2.45, 2.75) is 19.4 Å². The Bertz CT molecular complexity index is 552. The van der Waals surface area contributed by atoms with Gasteiger partial charge in [0.15, 0.2) is 0 Å². The second-order valence-corrected chi connectivity index (χ2v) is 4.75.